The third-order valence-corrected chi connectivity index (χ3v) is 4.40. The van der Waals surface area contributed by atoms with Crippen LogP contribution in [0.25, 0.3) is 27.6 Å². The Morgan fingerprint density at radius 2 is 1.74 bits per heavy atom. The van der Waals surface area contributed by atoms with E-state index in [1.807, 2.05) is 66.7 Å². The Bertz CT molecular complexity index is 1320. The predicted octanol–water partition coefficient (Wildman–Crippen LogP) is 4.27. The van der Waals surface area contributed by atoms with E-state index in [1.165, 1.54) is 0 Å². The molecular weight excluding hydrogens is 340 g/mol. The van der Waals surface area contributed by atoms with Crippen molar-refractivity contribution in [1.82, 2.24) is 14.7 Å². The molecule has 0 unspecified atom stereocenters. The summed E-state index contributed by atoms with van der Waals surface area (Å²) < 4.78 is 6.73. The molecule has 0 aliphatic heterocycles. The molecule has 0 bridgehead atoms. The molecule has 2 aromatic heterocycles. The van der Waals surface area contributed by atoms with Crippen LogP contribution in [0.4, 0.5) is 11.6 Å². The van der Waals surface area contributed by atoms with Gasteiger partial charge in [0.2, 0.25) is 5.95 Å². The van der Waals surface area contributed by atoms with Crippen molar-refractivity contribution in [2.24, 2.45) is 0 Å². The van der Waals surface area contributed by atoms with Gasteiger partial charge in [-0.3, -0.25) is 4.79 Å². The minimum Gasteiger partial charge on any atom is -0.356 e. The van der Waals surface area contributed by atoms with Crippen LogP contribution in [-0.2, 0) is 0 Å². The van der Waals surface area contributed by atoms with Gasteiger partial charge in [0.1, 0.15) is 0 Å². The first-order valence-electron chi connectivity index (χ1n) is 8.48. The normalized spacial score (nSPS) is 11.1. The molecule has 0 fully saturated rings. The van der Waals surface area contributed by atoms with Gasteiger partial charge >= 0.3 is 0 Å². The molecule has 5 aromatic rings. The number of aromatic nitrogens is 3. The lowest BCUT2D eigenvalue weighted by atomic mass is 10.2. The maximum Gasteiger partial charge on any atom is 0.267 e. The molecule has 27 heavy (non-hydrogen) atoms. The number of anilines is 2. The van der Waals surface area contributed by atoms with Crippen LogP contribution in [0.2, 0.25) is 0 Å². The van der Waals surface area contributed by atoms with Crippen LogP contribution in [-0.4, -0.2) is 14.7 Å². The van der Waals surface area contributed by atoms with Crippen LogP contribution in [0.3, 0.4) is 0 Å². The summed E-state index contributed by atoms with van der Waals surface area (Å²) in [6, 6.07) is 22.4. The van der Waals surface area contributed by atoms with Gasteiger partial charge in [-0.05, 0) is 42.5 Å². The Morgan fingerprint density at radius 3 is 2.63 bits per heavy atom. The average Bonchev–Trinajstić information content (AvgIpc) is 3.17. The Labute approximate surface area is 153 Å². The van der Waals surface area contributed by atoms with E-state index in [1.54, 1.807) is 16.8 Å². The number of nitrogens with one attached hydrogen (secondary N) is 1. The molecular formula is C21H14N4O2. The third kappa shape index (κ3) is 2.64. The molecule has 6 nitrogen and oxygen atoms in total. The predicted molar refractivity (Wildman–Crippen MR) is 105 cm³/mol. The standard InChI is InChI=1S/C21H14N4O2/c26-20-17-8-4-5-9-18(17)24-21(25(20)16-6-2-1-3-7-16)23-15-10-11-19-14(12-15)13-22-27-19/h1-13H,(H,23,24). The van der Waals surface area contributed by atoms with E-state index in [9.17, 15) is 4.79 Å². The molecule has 1 N–H and O–H groups in total. The van der Waals surface area contributed by atoms with Crippen LogP contribution in [0.5, 0.6) is 0 Å². The van der Waals surface area contributed by atoms with E-state index >= 15 is 0 Å². The summed E-state index contributed by atoms with van der Waals surface area (Å²) in [6.07, 6.45) is 1.65. The van der Waals surface area contributed by atoms with Gasteiger partial charge < -0.3 is 9.84 Å². The van der Waals surface area contributed by atoms with Crippen LogP contribution >= 0.6 is 0 Å². The number of para-hydroxylation sites is 2. The van der Waals surface area contributed by atoms with Crippen LogP contribution in [0, 0.1) is 0 Å². The zero-order chi connectivity index (χ0) is 18.2. The largest absolute Gasteiger partial charge is 0.356 e. The fourth-order valence-electron chi connectivity index (χ4n) is 3.11. The van der Waals surface area contributed by atoms with Gasteiger partial charge in [0.25, 0.3) is 5.56 Å². The second kappa shape index (κ2) is 6.10. The van der Waals surface area contributed by atoms with Gasteiger partial charge in [0, 0.05) is 11.1 Å². The summed E-state index contributed by atoms with van der Waals surface area (Å²) in [5.41, 5.74) is 2.75. The fraction of sp³-hybridized carbons (Fsp3) is 0. The molecule has 6 heteroatoms. The molecule has 0 saturated carbocycles. The topological polar surface area (TPSA) is 73.0 Å². The highest BCUT2D eigenvalue weighted by molar-refractivity contribution is 5.83. The van der Waals surface area contributed by atoms with Crippen molar-refractivity contribution in [3.8, 4) is 5.69 Å². The summed E-state index contributed by atoms with van der Waals surface area (Å²) >= 11 is 0. The molecule has 2 heterocycles. The zero-order valence-electron chi connectivity index (χ0n) is 14.2. The number of hydrogen-bond acceptors (Lipinski definition) is 5. The molecule has 0 amide bonds. The first-order valence-corrected chi connectivity index (χ1v) is 8.48. The Hall–Kier alpha value is -3.93. The van der Waals surface area contributed by atoms with E-state index < -0.39 is 0 Å². The molecule has 0 radical (unpaired) electrons. The van der Waals surface area contributed by atoms with E-state index in [4.69, 9.17) is 4.52 Å². The molecule has 5 rings (SSSR count). The highest BCUT2D eigenvalue weighted by atomic mass is 16.5. The average molecular weight is 354 g/mol. The van der Waals surface area contributed by atoms with Crippen LogP contribution < -0.4 is 10.9 Å². The molecule has 0 saturated heterocycles. The number of benzene rings is 3. The van der Waals surface area contributed by atoms with Crippen molar-refractivity contribution in [3.63, 3.8) is 0 Å². The highest BCUT2D eigenvalue weighted by Gasteiger charge is 2.13. The van der Waals surface area contributed by atoms with E-state index in [0.717, 1.165) is 16.8 Å². The lowest BCUT2D eigenvalue weighted by Crippen LogP contribution is -2.22. The smallest absolute Gasteiger partial charge is 0.267 e. The Kier molecular flexibility index (Phi) is 3.47. The van der Waals surface area contributed by atoms with Crippen molar-refractivity contribution in [2.75, 3.05) is 5.32 Å². The second-order valence-corrected chi connectivity index (χ2v) is 6.13. The molecule has 0 spiro atoms. The minimum atomic E-state index is -0.125. The van der Waals surface area contributed by atoms with Crippen molar-refractivity contribution in [3.05, 3.63) is 89.3 Å². The number of rotatable bonds is 3. The molecule has 3 aromatic carbocycles. The SMILES string of the molecule is O=c1c2ccccc2nc(Nc2ccc3oncc3c2)n1-c1ccccc1. The second-order valence-electron chi connectivity index (χ2n) is 6.13. The zero-order valence-corrected chi connectivity index (χ0v) is 14.2. The van der Waals surface area contributed by atoms with Gasteiger partial charge in [-0.2, -0.15) is 0 Å². The maximum atomic E-state index is 13.2. The van der Waals surface area contributed by atoms with Gasteiger partial charge in [-0.25, -0.2) is 9.55 Å². The van der Waals surface area contributed by atoms with Crippen molar-refractivity contribution < 1.29 is 4.52 Å². The van der Waals surface area contributed by atoms with Gasteiger partial charge in [0.05, 0.1) is 22.8 Å². The fourth-order valence-corrected chi connectivity index (χ4v) is 3.11. The summed E-state index contributed by atoms with van der Waals surface area (Å²) in [7, 11) is 0. The first kappa shape index (κ1) is 15.3. The van der Waals surface area contributed by atoms with Gasteiger partial charge in [-0.1, -0.05) is 35.5 Å². The van der Waals surface area contributed by atoms with Crippen molar-refractivity contribution >= 4 is 33.5 Å². The van der Waals surface area contributed by atoms with Crippen molar-refractivity contribution in [2.45, 2.75) is 0 Å². The summed E-state index contributed by atoms with van der Waals surface area (Å²) in [5, 5.41) is 8.50. The summed E-state index contributed by atoms with van der Waals surface area (Å²) in [5.74, 6) is 0.445. The molecule has 0 atom stereocenters. The lowest BCUT2D eigenvalue weighted by molar-refractivity contribution is 0.456. The highest BCUT2D eigenvalue weighted by Crippen LogP contribution is 2.23. The van der Waals surface area contributed by atoms with Gasteiger partial charge in [-0.15, -0.1) is 0 Å². The quantitative estimate of drug-likeness (QED) is 0.524. The minimum absolute atomic E-state index is 0.125. The molecule has 130 valence electrons. The van der Waals surface area contributed by atoms with Crippen LogP contribution in [0.15, 0.2) is 88.3 Å². The first-order chi connectivity index (χ1) is 13.3. The Balaban J connectivity index is 1.73. The monoisotopic (exact) mass is 354 g/mol. The molecule has 0 aliphatic rings. The molecule has 0 aliphatic carbocycles. The number of nitrogens with zero attached hydrogens (tertiary/aromatic N) is 3. The number of fused-ring (bicyclic) bond motifs is 2. The summed E-state index contributed by atoms with van der Waals surface area (Å²) in [4.78, 5) is 17.9. The maximum absolute atomic E-state index is 13.2. The van der Waals surface area contributed by atoms with Gasteiger partial charge in [0.15, 0.2) is 5.58 Å². The van der Waals surface area contributed by atoms with E-state index in [2.05, 4.69) is 15.5 Å². The van der Waals surface area contributed by atoms with E-state index in [0.29, 0.717) is 22.4 Å². The van der Waals surface area contributed by atoms with Crippen molar-refractivity contribution in [1.29, 1.82) is 0 Å². The van der Waals surface area contributed by atoms with E-state index in [-0.39, 0.29) is 5.56 Å². The lowest BCUT2D eigenvalue weighted by Gasteiger charge is -2.15. The summed E-state index contributed by atoms with van der Waals surface area (Å²) in [6.45, 7) is 0. The Morgan fingerprint density at radius 1 is 0.926 bits per heavy atom. The number of hydrogen-bond donors (Lipinski definition) is 1. The van der Waals surface area contributed by atoms with Crippen LogP contribution in [0.1, 0.15) is 0 Å². The third-order valence-electron chi connectivity index (χ3n) is 4.40.